The highest BCUT2D eigenvalue weighted by Gasteiger charge is 1.63. The van der Waals surface area contributed by atoms with E-state index in [0.29, 0.717) is 0 Å². The van der Waals surface area contributed by atoms with E-state index >= 15 is 0 Å². The third-order valence-electron chi connectivity index (χ3n) is 0.452. The lowest BCUT2D eigenvalue weighted by molar-refractivity contribution is 0.215. The molecule has 2 heteroatoms. The molecule has 0 rings (SSSR count). The fourth-order valence-electron chi connectivity index (χ4n) is 0.192. The number of hydrogen-bond donors (Lipinski definition) is 0. The Morgan fingerprint density at radius 2 is 2.57 bits per heavy atom. The van der Waals surface area contributed by atoms with Crippen LogP contribution in [0.1, 0.15) is 6.42 Å². The molecule has 0 aliphatic carbocycles. The van der Waals surface area contributed by atoms with Gasteiger partial charge in [-0.3, -0.25) is 0 Å². The maximum atomic E-state index is 4.37. The maximum absolute atomic E-state index is 4.37. The Bertz CT molecular complexity index is 68.5. The molecule has 0 N–H and O–H groups in total. The van der Waals surface area contributed by atoms with Crippen LogP contribution in [0.15, 0.2) is 17.8 Å². The van der Waals surface area contributed by atoms with Gasteiger partial charge in [-0.15, -0.1) is 6.58 Å². The minimum absolute atomic E-state index is 0.772. The largest absolute Gasteiger partial charge is 0.399 e. The van der Waals surface area contributed by atoms with Gasteiger partial charge in [0.25, 0.3) is 0 Å². The summed E-state index contributed by atoms with van der Waals surface area (Å²) in [6.07, 6.45) is 4.17. The summed E-state index contributed by atoms with van der Waals surface area (Å²) < 4.78 is 0. The van der Waals surface area contributed by atoms with E-state index in [9.17, 15) is 0 Å². The molecule has 0 atom stereocenters. The van der Waals surface area contributed by atoms with Gasteiger partial charge in [0.2, 0.25) is 0 Å². The molecule has 0 aromatic heterocycles. The third-order valence-corrected chi connectivity index (χ3v) is 0.452. The van der Waals surface area contributed by atoms with Crippen LogP contribution in [0.4, 0.5) is 0 Å². The molecule has 0 spiro atoms. The van der Waals surface area contributed by atoms with Crippen LogP contribution >= 0.6 is 0 Å². The topological polar surface area (TPSA) is 21.6 Å². The molecule has 0 amide bonds. The van der Waals surface area contributed by atoms with Gasteiger partial charge in [-0.05, 0) is 0 Å². The Morgan fingerprint density at radius 1 is 1.86 bits per heavy atom. The van der Waals surface area contributed by atoms with Crippen molar-refractivity contribution in [1.82, 2.24) is 0 Å². The van der Waals surface area contributed by atoms with Crippen LogP contribution in [0.3, 0.4) is 0 Å². The van der Waals surface area contributed by atoms with Crippen LogP contribution < -0.4 is 0 Å². The Morgan fingerprint density at radius 3 is 3.00 bits per heavy atom. The van der Waals surface area contributed by atoms with E-state index in [2.05, 4.69) is 16.6 Å². The van der Waals surface area contributed by atoms with Crippen LogP contribution in [0.2, 0.25) is 0 Å². The minimum Gasteiger partial charge on any atom is -0.399 e. The monoisotopic (exact) mass is 99.1 g/mol. The van der Waals surface area contributed by atoms with E-state index < -0.39 is 0 Å². The van der Waals surface area contributed by atoms with E-state index in [4.69, 9.17) is 0 Å². The normalized spacial score (nSPS) is 9.29. The molecule has 0 unspecified atom stereocenters. The first-order chi connectivity index (χ1) is 3.41. The van der Waals surface area contributed by atoms with Crippen molar-refractivity contribution in [2.24, 2.45) is 5.16 Å². The molecule has 0 heterocycles. The van der Waals surface area contributed by atoms with Gasteiger partial charge in [0, 0.05) is 12.6 Å². The van der Waals surface area contributed by atoms with E-state index in [1.807, 2.05) is 0 Å². The molecule has 0 bridgehead atoms. The highest BCUT2D eigenvalue weighted by molar-refractivity contribution is 5.58. The average Bonchev–Trinajstić information content (AvgIpc) is 1.69. The predicted octanol–water partition coefficient (Wildman–Crippen LogP) is 1.19. The second-order valence-corrected chi connectivity index (χ2v) is 0.995. The molecular weight excluding hydrogens is 90.1 g/mol. The Hall–Kier alpha value is -0.790. The van der Waals surface area contributed by atoms with Crippen molar-refractivity contribution in [3.05, 3.63) is 12.7 Å². The summed E-state index contributed by atoms with van der Waals surface area (Å²) in [5.41, 5.74) is 0. The van der Waals surface area contributed by atoms with Crippen LogP contribution in [0.5, 0.6) is 0 Å². The van der Waals surface area contributed by atoms with E-state index in [1.54, 1.807) is 12.3 Å². The molecule has 0 aromatic carbocycles. The molecule has 0 aliphatic rings. The molecule has 7 heavy (non-hydrogen) atoms. The molecule has 0 fully saturated rings. The quantitative estimate of drug-likeness (QED) is 0.296. The van der Waals surface area contributed by atoms with Crippen LogP contribution in [-0.2, 0) is 4.84 Å². The summed E-state index contributed by atoms with van der Waals surface area (Å²) in [6.45, 7) is 3.49. The SMILES string of the molecule is C=CCC=NOC. The van der Waals surface area contributed by atoms with E-state index in [1.165, 1.54) is 7.11 Å². The van der Waals surface area contributed by atoms with Gasteiger partial charge >= 0.3 is 0 Å². The third kappa shape index (κ3) is 5.21. The summed E-state index contributed by atoms with van der Waals surface area (Å²) >= 11 is 0. The van der Waals surface area contributed by atoms with Gasteiger partial charge in [-0.25, -0.2) is 0 Å². The molecule has 0 saturated carbocycles. The van der Waals surface area contributed by atoms with Crippen molar-refractivity contribution in [2.45, 2.75) is 6.42 Å². The van der Waals surface area contributed by atoms with Gasteiger partial charge < -0.3 is 4.84 Å². The van der Waals surface area contributed by atoms with Crippen molar-refractivity contribution in [3.8, 4) is 0 Å². The lowest BCUT2D eigenvalue weighted by Crippen LogP contribution is -1.70. The number of nitrogens with zero attached hydrogens (tertiary/aromatic N) is 1. The highest BCUT2D eigenvalue weighted by atomic mass is 16.6. The molecule has 0 radical (unpaired) electrons. The average molecular weight is 99.1 g/mol. The summed E-state index contributed by atoms with van der Waals surface area (Å²) in [5.74, 6) is 0. The summed E-state index contributed by atoms with van der Waals surface area (Å²) in [4.78, 5) is 4.37. The zero-order valence-corrected chi connectivity index (χ0v) is 4.42. The number of rotatable bonds is 3. The van der Waals surface area contributed by atoms with Crippen molar-refractivity contribution >= 4 is 6.21 Å². The van der Waals surface area contributed by atoms with Crippen LogP contribution in [0, 0.1) is 0 Å². The predicted molar refractivity (Wildman–Crippen MR) is 30.3 cm³/mol. The van der Waals surface area contributed by atoms with E-state index in [-0.39, 0.29) is 0 Å². The number of allylic oxidation sites excluding steroid dienone is 1. The smallest absolute Gasteiger partial charge is 0.106 e. The molecular formula is C5H9NO. The van der Waals surface area contributed by atoms with Gasteiger partial charge in [0.15, 0.2) is 0 Å². The first-order valence-corrected chi connectivity index (χ1v) is 2.07. The Labute approximate surface area is 43.5 Å². The fraction of sp³-hybridized carbons (Fsp3) is 0.400. The van der Waals surface area contributed by atoms with Crippen molar-refractivity contribution in [2.75, 3.05) is 7.11 Å². The Kier molecular flexibility index (Phi) is 4.62. The highest BCUT2D eigenvalue weighted by Crippen LogP contribution is 1.72. The fourth-order valence-corrected chi connectivity index (χ4v) is 0.192. The van der Waals surface area contributed by atoms with Crippen LogP contribution in [-0.4, -0.2) is 13.3 Å². The molecule has 2 nitrogen and oxygen atoms in total. The summed E-state index contributed by atoms with van der Waals surface area (Å²) in [7, 11) is 1.51. The van der Waals surface area contributed by atoms with Gasteiger partial charge in [0.1, 0.15) is 7.11 Å². The van der Waals surface area contributed by atoms with Crippen molar-refractivity contribution in [3.63, 3.8) is 0 Å². The van der Waals surface area contributed by atoms with Gasteiger partial charge in [-0.1, -0.05) is 11.2 Å². The first kappa shape index (κ1) is 6.21. The zero-order chi connectivity index (χ0) is 5.54. The zero-order valence-electron chi connectivity index (χ0n) is 4.42. The standard InChI is InChI=1S/C5H9NO/c1-3-4-5-6-7-2/h3,5H,1,4H2,2H3. The Balaban J connectivity index is 2.92. The summed E-state index contributed by atoms with van der Waals surface area (Å²) in [5, 5.41) is 3.47. The minimum atomic E-state index is 0.772. The first-order valence-electron chi connectivity index (χ1n) is 2.07. The molecule has 40 valence electrons. The van der Waals surface area contributed by atoms with Crippen molar-refractivity contribution < 1.29 is 4.84 Å². The molecule has 0 aromatic rings. The van der Waals surface area contributed by atoms with Crippen molar-refractivity contribution in [1.29, 1.82) is 0 Å². The second-order valence-electron chi connectivity index (χ2n) is 0.995. The van der Waals surface area contributed by atoms with Gasteiger partial charge in [-0.2, -0.15) is 0 Å². The lowest BCUT2D eigenvalue weighted by Gasteiger charge is -1.79. The molecule has 0 saturated heterocycles. The van der Waals surface area contributed by atoms with Crippen LogP contribution in [0.25, 0.3) is 0 Å². The maximum Gasteiger partial charge on any atom is 0.106 e. The number of oxime groups is 1. The van der Waals surface area contributed by atoms with Gasteiger partial charge in [0.05, 0.1) is 0 Å². The summed E-state index contributed by atoms with van der Waals surface area (Å²) in [6, 6.07) is 0. The lowest BCUT2D eigenvalue weighted by atomic mass is 10.5. The van der Waals surface area contributed by atoms with E-state index in [0.717, 1.165) is 6.42 Å². The second kappa shape index (κ2) is 5.21. The number of hydrogen-bond acceptors (Lipinski definition) is 2. The molecule has 0 aliphatic heterocycles.